The lowest BCUT2D eigenvalue weighted by Gasteiger charge is -2.26. The average molecular weight is 565 g/mol. The summed E-state index contributed by atoms with van der Waals surface area (Å²) in [6, 6.07) is 9.45. The standard InChI is InChI=1S/C33H40O8/c1-4-23-9-11-24(12-10-23)33(38)41-30-16-13-25(19-26(30)21-34)29-20-27(14-15-28(29)31(35)36)39-17-7-5-6-8-18-40-32(37)22(2)3/h13-16,19-21,23-24H,2,4-12,17-18H2,1,3H3,(H,35,36). The topological polar surface area (TPSA) is 116 Å². The molecule has 0 radical (unpaired) electrons. The molecule has 2 aromatic carbocycles. The van der Waals surface area contributed by atoms with E-state index in [1.807, 2.05) is 0 Å². The Morgan fingerprint density at radius 1 is 0.976 bits per heavy atom. The summed E-state index contributed by atoms with van der Waals surface area (Å²) < 4.78 is 16.6. The van der Waals surface area contributed by atoms with Crippen LogP contribution in [0.5, 0.6) is 11.5 Å². The van der Waals surface area contributed by atoms with Gasteiger partial charge in [-0.3, -0.25) is 9.59 Å². The van der Waals surface area contributed by atoms with Crippen LogP contribution in [0.2, 0.25) is 0 Å². The molecular weight excluding hydrogens is 524 g/mol. The molecule has 0 aromatic heterocycles. The van der Waals surface area contributed by atoms with Crippen LogP contribution in [-0.2, 0) is 14.3 Å². The zero-order chi connectivity index (χ0) is 29.8. The molecule has 0 amide bonds. The average Bonchev–Trinajstić information content (AvgIpc) is 2.98. The molecule has 1 aliphatic carbocycles. The zero-order valence-corrected chi connectivity index (χ0v) is 24.0. The summed E-state index contributed by atoms with van der Waals surface area (Å²) in [6.45, 7) is 8.12. The zero-order valence-electron chi connectivity index (χ0n) is 24.0. The van der Waals surface area contributed by atoms with E-state index in [1.54, 1.807) is 31.2 Å². The van der Waals surface area contributed by atoms with Crippen molar-refractivity contribution in [3.8, 4) is 22.6 Å². The van der Waals surface area contributed by atoms with Crippen LogP contribution in [0.3, 0.4) is 0 Å². The minimum atomic E-state index is -1.11. The molecule has 41 heavy (non-hydrogen) atoms. The molecule has 220 valence electrons. The number of carbonyl (C=O) groups is 4. The Morgan fingerprint density at radius 3 is 2.32 bits per heavy atom. The van der Waals surface area contributed by atoms with E-state index >= 15 is 0 Å². The van der Waals surface area contributed by atoms with Crippen LogP contribution in [0.25, 0.3) is 11.1 Å². The van der Waals surface area contributed by atoms with Gasteiger partial charge in [0.05, 0.1) is 30.3 Å². The van der Waals surface area contributed by atoms with Gasteiger partial charge in [-0.2, -0.15) is 0 Å². The van der Waals surface area contributed by atoms with Crippen LogP contribution < -0.4 is 9.47 Å². The number of ether oxygens (including phenoxy) is 3. The third-order valence-electron chi connectivity index (χ3n) is 7.53. The fraction of sp³-hybridized carbons (Fsp3) is 0.455. The fourth-order valence-corrected chi connectivity index (χ4v) is 4.97. The van der Waals surface area contributed by atoms with Crippen molar-refractivity contribution in [2.75, 3.05) is 13.2 Å². The van der Waals surface area contributed by atoms with Crippen molar-refractivity contribution in [3.63, 3.8) is 0 Å². The number of carboxylic acid groups (broad SMARTS) is 1. The summed E-state index contributed by atoms with van der Waals surface area (Å²) in [4.78, 5) is 48.0. The minimum absolute atomic E-state index is 0.0657. The lowest BCUT2D eigenvalue weighted by molar-refractivity contribution is -0.140. The molecule has 0 unspecified atom stereocenters. The maximum atomic E-state index is 12.8. The molecule has 1 N–H and O–H groups in total. The Kier molecular flexibility index (Phi) is 12.1. The maximum Gasteiger partial charge on any atom is 0.336 e. The Morgan fingerprint density at radius 2 is 1.68 bits per heavy atom. The number of aromatic carboxylic acids is 1. The van der Waals surface area contributed by atoms with Gasteiger partial charge in [-0.25, -0.2) is 9.59 Å². The number of carbonyl (C=O) groups excluding carboxylic acids is 3. The normalized spacial score (nSPS) is 16.4. The van der Waals surface area contributed by atoms with Crippen molar-refractivity contribution >= 4 is 24.2 Å². The van der Waals surface area contributed by atoms with Crippen LogP contribution in [0.1, 0.15) is 92.4 Å². The van der Waals surface area contributed by atoms with Gasteiger partial charge in [-0.05, 0) is 106 Å². The third kappa shape index (κ3) is 9.30. The predicted molar refractivity (Wildman–Crippen MR) is 155 cm³/mol. The van der Waals surface area contributed by atoms with Gasteiger partial charge in [0.25, 0.3) is 0 Å². The SMILES string of the molecule is C=C(C)C(=O)OCCCCCCOc1ccc(C(=O)O)c(-c2ccc(OC(=O)C3CCC(CC)CC3)c(C=O)c2)c1. The van der Waals surface area contributed by atoms with Crippen LogP contribution in [0, 0.1) is 11.8 Å². The molecule has 3 rings (SSSR count). The highest BCUT2D eigenvalue weighted by molar-refractivity contribution is 5.97. The smallest absolute Gasteiger partial charge is 0.336 e. The molecule has 8 heteroatoms. The predicted octanol–water partition coefficient (Wildman–Crippen LogP) is 7.04. The summed E-state index contributed by atoms with van der Waals surface area (Å²) in [5, 5.41) is 9.76. The van der Waals surface area contributed by atoms with Crippen molar-refractivity contribution in [3.05, 3.63) is 59.7 Å². The molecule has 8 nitrogen and oxygen atoms in total. The van der Waals surface area contributed by atoms with Gasteiger partial charge < -0.3 is 19.3 Å². The second-order valence-electron chi connectivity index (χ2n) is 10.6. The van der Waals surface area contributed by atoms with Crippen molar-refractivity contribution in [2.24, 2.45) is 11.8 Å². The van der Waals surface area contributed by atoms with Crippen LogP contribution in [0.4, 0.5) is 0 Å². The fourth-order valence-electron chi connectivity index (χ4n) is 4.97. The summed E-state index contributed by atoms with van der Waals surface area (Å²) in [7, 11) is 0. The first kappa shape index (κ1) is 31.6. The van der Waals surface area contributed by atoms with Gasteiger partial charge in [0.15, 0.2) is 6.29 Å². The van der Waals surface area contributed by atoms with E-state index < -0.39 is 5.97 Å². The Balaban J connectivity index is 1.61. The molecule has 0 heterocycles. The molecule has 2 aromatic rings. The minimum Gasteiger partial charge on any atom is -0.494 e. The van der Waals surface area contributed by atoms with E-state index in [0.29, 0.717) is 47.9 Å². The van der Waals surface area contributed by atoms with Gasteiger partial charge in [0.2, 0.25) is 0 Å². The molecule has 1 aliphatic rings. The van der Waals surface area contributed by atoms with E-state index in [-0.39, 0.29) is 34.7 Å². The molecule has 0 aliphatic heterocycles. The largest absolute Gasteiger partial charge is 0.494 e. The lowest BCUT2D eigenvalue weighted by Crippen LogP contribution is -2.25. The summed E-state index contributed by atoms with van der Waals surface area (Å²) >= 11 is 0. The monoisotopic (exact) mass is 564 g/mol. The highest BCUT2D eigenvalue weighted by Crippen LogP contribution is 2.34. The first-order valence-electron chi connectivity index (χ1n) is 14.4. The van der Waals surface area contributed by atoms with Gasteiger partial charge in [-0.1, -0.05) is 26.0 Å². The third-order valence-corrected chi connectivity index (χ3v) is 7.53. The highest BCUT2D eigenvalue weighted by Gasteiger charge is 2.27. The number of hydrogen-bond acceptors (Lipinski definition) is 7. The summed E-state index contributed by atoms with van der Waals surface area (Å²) in [6.07, 6.45) is 8.57. The number of hydrogen-bond donors (Lipinski definition) is 1. The highest BCUT2D eigenvalue weighted by atomic mass is 16.5. The number of esters is 2. The van der Waals surface area contributed by atoms with Crippen molar-refractivity contribution in [1.82, 2.24) is 0 Å². The second kappa shape index (κ2) is 15.7. The first-order chi connectivity index (χ1) is 19.7. The van der Waals surface area contributed by atoms with Gasteiger partial charge in [-0.15, -0.1) is 0 Å². The lowest BCUT2D eigenvalue weighted by atomic mass is 9.81. The van der Waals surface area contributed by atoms with Crippen LogP contribution >= 0.6 is 0 Å². The Labute approximate surface area is 241 Å². The van der Waals surface area contributed by atoms with Crippen LogP contribution in [-0.4, -0.2) is 42.5 Å². The maximum absolute atomic E-state index is 12.8. The number of unbranched alkanes of at least 4 members (excludes halogenated alkanes) is 3. The molecule has 0 bridgehead atoms. The first-order valence-corrected chi connectivity index (χ1v) is 14.4. The summed E-state index contributed by atoms with van der Waals surface area (Å²) in [5.41, 5.74) is 1.52. The summed E-state index contributed by atoms with van der Waals surface area (Å²) in [5.74, 6) is -0.666. The van der Waals surface area contributed by atoms with Crippen molar-refractivity contribution < 1.29 is 38.5 Å². The van der Waals surface area contributed by atoms with E-state index in [4.69, 9.17) is 14.2 Å². The Hall–Kier alpha value is -3.94. The number of carboxylic acids is 1. The molecule has 0 atom stereocenters. The molecule has 1 saturated carbocycles. The van der Waals surface area contributed by atoms with E-state index in [0.717, 1.165) is 57.8 Å². The number of aldehydes is 1. The van der Waals surface area contributed by atoms with E-state index in [9.17, 15) is 24.3 Å². The molecule has 0 spiro atoms. The molecule has 0 saturated heterocycles. The number of benzene rings is 2. The van der Waals surface area contributed by atoms with Crippen LogP contribution in [0.15, 0.2) is 48.6 Å². The van der Waals surface area contributed by atoms with Crippen molar-refractivity contribution in [2.45, 2.75) is 71.6 Å². The second-order valence-corrected chi connectivity index (χ2v) is 10.6. The quantitative estimate of drug-likeness (QED) is 0.0805. The van der Waals surface area contributed by atoms with Crippen molar-refractivity contribution in [1.29, 1.82) is 0 Å². The van der Waals surface area contributed by atoms with E-state index in [2.05, 4.69) is 13.5 Å². The molecule has 1 fully saturated rings. The Bertz CT molecular complexity index is 1240. The van der Waals surface area contributed by atoms with E-state index in [1.165, 1.54) is 12.1 Å². The van der Waals surface area contributed by atoms with Gasteiger partial charge in [0.1, 0.15) is 11.5 Å². The number of rotatable bonds is 15. The molecular formula is C33H40O8. The van der Waals surface area contributed by atoms with Gasteiger partial charge in [0, 0.05) is 5.57 Å². The van der Waals surface area contributed by atoms with Gasteiger partial charge >= 0.3 is 17.9 Å².